The smallest absolute Gasteiger partial charge is 0.166 e. The monoisotopic (exact) mass is 251 g/mol. The minimum Gasteiger partial charge on any atom is -0.311 e. The zero-order valence-corrected chi connectivity index (χ0v) is 10.6. The largest absolute Gasteiger partial charge is 0.311 e. The van der Waals surface area contributed by atoms with Gasteiger partial charge in [0, 0.05) is 23.6 Å². The number of hydrogen-bond acceptors (Lipinski definition) is 2. The lowest BCUT2D eigenvalue weighted by Crippen LogP contribution is -2.40. The molecule has 1 N–H and O–H groups in total. The van der Waals surface area contributed by atoms with Gasteiger partial charge in [0.1, 0.15) is 0 Å². The summed E-state index contributed by atoms with van der Waals surface area (Å²) in [5.74, 6) is 0.597. The Labute approximate surface area is 108 Å². The van der Waals surface area contributed by atoms with Crippen molar-refractivity contribution in [1.29, 1.82) is 0 Å². The first-order valence-electron chi connectivity index (χ1n) is 6.18. The third-order valence-electron chi connectivity index (χ3n) is 3.90. The molecule has 0 amide bonds. The first-order valence-corrected chi connectivity index (χ1v) is 6.18. The van der Waals surface area contributed by atoms with Crippen LogP contribution >= 0.6 is 12.4 Å². The number of Topliss-reactive ketones (excluding diaryl/α,β-unsaturated/α-hetero) is 1. The Balaban J connectivity index is 0.00000108. The van der Waals surface area contributed by atoms with Crippen LogP contribution < -0.4 is 5.32 Å². The summed E-state index contributed by atoms with van der Waals surface area (Å²) in [6.07, 6.45) is 4.57. The van der Waals surface area contributed by atoms with Gasteiger partial charge in [-0.1, -0.05) is 30.3 Å². The molecule has 0 aromatic heterocycles. The first-order chi connectivity index (χ1) is 7.83. The predicted octanol–water partition coefficient (Wildman–Crippen LogP) is 2.82. The van der Waals surface area contributed by atoms with Crippen LogP contribution in [0, 0.1) is 5.92 Å². The number of rotatable bonds is 2. The minimum absolute atomic E-state index is 0. The van der Waals surface area contributed by atoms with E-state index in [1.165, 1.54) is 12.8 Å². The van der Waals surface area contributed by atoms with Gasteiger partial charge in [0.05, 0.1) is 0 Å². The molecule has 2 fully saturated rings. The van der Waals surface area contributed by atoms with Crippen LogP contribution in [-0.4, -0.2) is 17.9 Å². The maximum atomic E-state index is 12.3. The Kier molecular flexibility index (Phi) is 3.85. The Morgan fingerprint density at radius 2 is 1.65 bits per heavy atom. The highest BCUT2D eigenvalue weighted by Crippen LogP contribution is 2.32. The highest BCUT2D eigenvalue weighted by atomic mass is 35.5. The van der Waals surface area contributed by atoms with Gasteiger partial charge >= 0.3 is 0 Å². The van der Waals surface area contributed by atoms with Gasteiger partial charge in [-0.05, 0) is 25.7 Å². The summed E-state index contributed by atoms with van der Waals surface area (Å²) in [5.41, 5.74) is 0.883. The van der Waals surface area contributed by atoms with Gasteiger partial charge in [-0.3, -0.25) is 4.79 Å². The van der Waals surface area contributed by atoms with E-state index in [0.717, 1.165) is 18.4 Å². The SMILES string of the molecule is Cl.O=C(c1ccccc1)C1CC2CCC(C1)N2. The molecule has 0 radical (unpaired) electrons. The Bertz CT molecular complexity index is 380. The van der Waals surface area contributed by atoms with Gasteiger partial charge < -0.3 is 5.32 Å². The molecule has 3 heteroatoms. The topological polar surface area (TPSA) is 29.1 Å². The van der Waals surface area contributed by atoms with Crippen molar-refractivity contribution in [3.8, 4) is 0 Å². The lowest BCUT2D eigenvalue weighted by atomic mass is 9.86. The number of halogens is 1. The second-order valence-corrected chi connectivity index (χ2v) is 5.04. The zero-order valence-electron chi connectivity index (χ0n) is 9.76. The highest BCUT2D eigenvalue weighted by Gasteiger charge is 2.36. The van der Waals surface area contributed by atoms with Crippen LogP contribution in [0.2, 0.25) is 0 Å². The molecule has 2 atom stereocenters. The van der Waals surface area contributed by atoms with Crippen molar-refractivity contribution in [2.24, 2.45) is 5.92 Å². The number of carbonyl (C=O) groups is 1. The van der Waals surface area contributed by atoms with Crippen molar-refractivity contribution in [1.82, 2.24) is 5.32 Å². The summed E-state index contributed by atoms with van der Waals surface area (Å²) in [6, 6.07) is 10.9. The highest BCUT2D eigenvalue weighted by molar-refractivity contribution is 5.97. The van der Waals surface area contributed by atoms with Crippen molar-refractivity contribution >= 4 is 18.2 Å². The zero-order chi connectivity index (χ0) is 11.0. The van der Waals surface area contributed by atoms with E-state index in [9.17, 15) is 4.79 Å². The maximum Gasteiger partial charge on any atom is 0.166 e. The van der Waals surface area contributed by atoms with E-state index in [1.54, 1.807) is 0 Å². The molecule has 2 unspecified atom stereocenters. The number of benzene rings is 1. The second-order valence-electron chi connectivity index (χ2n) is 5.04. The first kappa shape index (κ1) is 12.6. The predicted molar refractivity (Wildman–Crippen MR) is 70.7 cm³/mol. The maximum absolute atomic E-state index is 12.3. The molecule has 2 saturated heterocycles. The average molecular weight is 252 g/mol. The van der Waals surface area contributed by atoms with Crippen LogP contribution in [0.15, 0.2) is 30.3 Å². The van der Waals surface area contributed by atoms with Crippen LogP contribution in [-0.2, 0) is 0 Å². The minimum atomic E-state index is 0. The molecule has 0 spiro atoms. The summed E-state index contributed by atoms with van der Waals surface area (Å²) < 4.78 is 0. The molecule has 2 aliphatic heterocycles. The summed E-state index contributed by atoms with van der Waals surface area (Å²) in [6.45, 7) is 0. The molecular weight excluding hydrogens is 234 g/mol. The summed E-state index contributed by atoms with van der Waals surface area (Å²) in [4.78, 5) is 12.3. The molecule has 0 saturated carbocycles. The van der Waals surface area contributed by atoms with Crippen LogP contribution in [0.3, 0.4) is 0 Å². The molecule has 1 aromatic carbocycles. The van der Waals surface area contributed by atoms with Crippen molar-refractivity contribution in [2.75, 3.05) is 0 Å². The molecule has 2 nitrogen and oxygen atoms in total. The quantitative estimate of drug-likeness (QED) is 0.819. The van der Waals surface area contributed by atoms with Gasteiger partial charge in [-0.2, -0.15) is 0 Å². The summed E-state index contributed by atoms with van der Waals surface area (Å²) >= 11 is 0. The van der Waals surface area contributed by atoms with E-state index in [4.69, 9.17) is 0 Å². The van der Waals surface area contributed by atoms with Crippen molar-refractivity contribution in [3.63, 3.8) is 0 Å². The third-order valence-corrected chi connectivity index (χ3v) is 3.90. The fourth-order valence-corrected chi connectivity index (χ4v) is 3.11. The van der Waals surface area contributed by atoms with Crippen molar-refractivity contribution < 1.29 is 4.79 Å². The number of piperidine rings is 1. The standard InChI is InChI=1S/C14H17NO.ClH/c16-14(10-4-2-1-3-5-10)11-8-12-6-7-13(9-11)15-12;/h1-5,11-13,15H,6-9H2;1H. The lowest BCUT2D eigenvalue weighted by molar-refractivity contribution is 0.0875. The van der Waals surface area contributed by atoms with Gasteiger partial charge in [0.2, 0.25) is 0 Å². The fraction of sp³-hybridized carbons (Fsp3) is 0.500. The van der Waals surface area contributed by atoms with Crippen molar-refractivity contribution in [2.45, 2.75) is 37.8 Å². The summed E-state index contributed by atoms with van der Waals surface area (Å²) in [5, 5.41) is 3.57. The Hall–Kier alpha value is -0.860. The Morgan fingerprint density at radius 3 is 2.24 bits per heavy atom. The van der Waals surface area contributed by atoms with Gasteiger partial charge in [-0.15, -0.1) is 12.4 Å². The number of carbonyl (C=O) groups excluding carboxylic acids is 1. The van der Waals surface area contributed by atoms with E-state index in [2.05, 4.69) is 5.32 Å². The van der Waals surface area contributed by atoms with E-state index < -0.39 is 0 Å². The van der Waals surface area contributed by atoms with E-state index >= 15 is 0 Å². The molecule has 17 heavy (non-hydrogen) atoms. The molecule has 0 aliphatic carbocycles. The Morgan fingerprint density at radius 1 is 1.06 bits per heavy atom. The third kappa shape index (κ3) is 2.53. The molecule has 2 aliphatic rings. The fourth-order valence-electron chi connectivity index (χ4n) is 3.11. The average Bonchev–Trinajstić information content (AvgIpc) is 2.68. The molecule has 2 heterocycles. The van der Waals surface area contributed by atoms with Gasteiger partial charge in [0.15, 0.2) is 5.78 Å². The number of fused-ring (bicyclic) bond motifs is 2. The van der Waals surface area contributed by atoms with Crippen LogP contribution in [0.1, 0.15) is 36.0 Å². The number of nitrogens with one attached hydrogen (secondary N) is 1. The summed E-state index contributed by atoms with van der Waals surface area (Å²) in [7, 11) is 0. The number of hydrogen-bond donors (Lipinski definition) is 1. The molecule has 1 aromatic rings. The second kappa shape index (κ2) is 5.19. The normalized spacial score (nSPS) is 30.7. The van der Waals surface area contributed by atoms with Crippen LogP contribution in [0.25, 0.3) is 0 Å². The lowest BCUT2D eigenvalue weighted by Gasteiger charge is -2.28. The van der Waals surface area contributed by atoms with E-state index in [1.807, 2.05) is 30.3 Å². The molecular formula is C14H18ClNO. The molecule has 2 bridgehead atoms. The van der Waals surface area contributed by atoms with Gasteiger partial charge in [0.25, 0.3) is 0 Å². The molecule has 3 rings (SSSR count). The van der Waals surface area contributed by atoms with Crippen molar-refractivity contribution in [3.05, 3.63) is 35.9 Å². The van der Waals surface area contributed by atoms with Crippen LogP contribution in [0.4, 0.5) is 0 Å². The van der Waals surface area contributed by atoms with Crippen LogP contribution in [0.5, 0.6) is 0 Å². The van der Waals surface area contributed by atoms with Gasteiger partial charge in [-0.25, -0.2) is 0 Å². The van der Waals surface area contributed by atoms with E-state index in [-0.39, 0.29) is 18.3 Å². The van der Waals surface area contributed by atoms with E-state index in [0.29, 0.717) is 17.9 Å². The number of ketones is 1. The molecule has 92 valence electrons.